The summed E-state index contributed by atoms with van der Waals surface area (Å²) < 4.78 is 3.43. The first-order valence-corrected chi connectivity index (χ1v) is 8.78. The highest BCUT2D eigenvalue weighted by molar-refractivity contribution is 6.29. The van der Waals surface area contributed by atoms with Gasteiger partial charge < -0.3 is 0 Å². The first-order chi connectivity index (χ1) is 13.2. The number of aryl methyl sites for hydroxylation is 1. The Kier molecular flexibility index (Phi) is 3.61. The second kappa shape index (κ2) is 6.14. The molecule has 0 bridgehead atoms. The van der Waals surface area contributed by atoms with Crippen molar-refractivity contribution in [2.45, 2.75) is 6.42 Å². The molecule has 5 rings (SSSR count). The Morgan fingerprint density at radius 1 is 1.11 bits per heavy atom. The van der Waals surface area contributed by atoms with Crippen LogP contribution in [0.25, 0.3) is 28.9 Å². The van der Waals surface area contributed by atoms with Crippen LogP contribution in [0, 0.1) is 0 Å². The number of halogens is 1. The molecule has 132 valence electrons. The summed E-state index contributed by atoms with van der Waals surface area (Å²) in [5.41, 5.74) is 6.00. The van der Waals surface area contributed by atoms with Crippen LogP contribution in [0.2, 0.25) is 5.15 Å². The SMILES string of the molecule is Cn1cc(-c2cnc3c(c2)CC(=Cc2nnc4ccc(Cl)nn24)C=C3)cn1. The minimum Gasteiger partial charge on any atom is -0.275 e. The highest BCUT2D eigenvalue weighted by Gasteiger charge is 2.13. The molecule has 0 unspecified atom stereocenters. The maximum Gasteiger partial charge on any atom is 0.178 e. The summed E-state index contributed by atoms with van der Waals surface area (Å²) in [6, 6.07) is 5.65. The van der Waals surface area contributed by atoms with E-state index in [2.05, 4.69) is 31.4 Å². The number of nitrogens with zero attached hydrogens (tertiary/aromatic N) is 7. The molecule has 27 heavy (non-hydrogen) atoms. The number of rotatable bonds is 2. The number of fused-ring (bicyclic) bond motifs is 2. The van der Waals surface area contributed by atoms with Crippen LogP contribution in [-0.2, 0) is 13.5 Å². The minimum absolute atomic E-state index is 0.400. The Labute approximate surface area is 159 Å². The van der Waals surface area contributed by atoms with E-state index in [0.717, 1.165) is 34.4 Å². The molecule has 1 aliphatic carbocycles. The second-order valence-electron chi connectivity index (χ2n) is 6.38. The van der Waals surface area contributed by atoms with Gasteiger partial charge in [0, 0.05) is 30.6 Å². The van der Waals surface area contributed by atoms with Crippen LogP contribution < -0.4 is 0 Å². The van der Waals surface area contributed by atoms with Gasteiger partial charge in [0.05, 0.1) is 11.9 Å². The topological polar surface area (TPSA) is 73.8 Å². The van der Waals surface area contributed by atoms with Gasteiger partial charge in [-0.05, 0) is 47.9 Å². The smallest absolute Gasteiger partial charge is 0.178 e. The molecule has 0 aliphatic heterocycles. The van der Waals surface area contributed by atoms with Gasteiger partial charge in [-0.2, -0.15) is 14.7 Å². The largest absolute Gasteiger partial charge is 0.275 e. The lowest BCUT2D eigenvalue weighted by atomic mass is 9.95. The van der Waals surface area contributed by atoms with E-state index in [0.29, 0.717) is 16.6 Å². The van der Waals surface area contributed by atoms with Crippen molar-refractivity contribution in [2.24, 2.45) is 7.05 Å². The van der Waals surface area contributed by atoms with Gasteiger partial charge in [0.2, 0.25) is 0 Å². The van der Waals surface area contributed by atoms with Gasteiger partial charge in [-0.3, -0.25) is 9.67 Å². The Morgan fingerprint density at radius 2 is 2.04 bits per heavy atom. The Bertz CT molecular complexity index is 1230. The molecule has 4 heterocycles. The lowest BCUT2D eigenvalue weighted by Gasteiger charge is -2.13. The third kappa shape index (κ3) is 2.92. The standard InChI is InChI=1S/C19H14ClN7/c1-26-11-15(10-22-26)14-8-13-6-12(2-3-16(13)21-9-14)7-19-24-23-18-5-4-17(20)25-27(18)19/h2-5,7-11H,6H2,1H3. The zero-order valence-electron chi connectivity index (χ0n) is 14.4. The van der Waals surface area contributed by atoms with Crippen molar-refractivity contribution in [3.05, 3.63) is 70.7 Å². The molecule has 0 aromatic carbocycles. The molecule has 0 spiro atoms. The number of hydrogen-bond acceptors (Lipinski definition) is 5. The van der Waals surface area contributed by atoms with Crippen LogP contribution >= 0.6 is 11.6 Å². The minimum atomic E-state index is 0.400. The number of aromatic nitrogens is 7. The van der Waals surface area contributed by atoms with Gasteiger partial charge in [-0.25, -0.2) is 0 Å². The van der Waals surface area contributed by atoms with Gasteiger partial charge in [-0.15, -0.1) is 10.2 Å². The predicted octanol–water partition coefficient (Wildman–Crippen LogP) is 3.23. The molecule has 8 heteroatoms. The fourth-order valence-electron chi connectivity index (χ4n) is 3.14. The molecule has 0 radical (unpaired) electrons. The first-order valence-electron chi connectivity index (χ1n) is 8.40. The summed E-state index contributed by atoms with van der Waals surface area (Å²) in [6.07, 6.45) is 12.5. The van der Waals surface area contributed by atoms with Crippen molar-refractivity contribution in [3.8, 4) is 11.1 Å². The van der Waals surface area contributed by atoms with Gasteiger partial charge in [0.1, 0.15) is 5.15 Å². The Balaban J connectivity index is 1.51. The fraction of sp³-hybridized carbons (Fsp3) is 0.105. The maximum atomic E-state index is 6.00. The van der Waals surface area contributed by atoms with E-state index in [4.69, 9.17) is 11.6 Å². The van der Waals surface area contributed by atoms with Crippen molar-refractivity contribution >= 4 is 29.4 Å². The number of allylic oxidation sites excluding steroid dienone is 2. The monoisotopic (exact) mass is 375 g/mol. The van der Waals surface area contributed by atoms with E-state index in [1.165, 1.54) is 0 Å². The van der Waals surface area contributed by atoms with E-state index in [1.54, 1.807) is 21.3 Å². The van der Waals surface area contributed by atoms with Gasteiger partial charge >= 0.3 is 0 Å². The van der Waals surface area contributed by atoms with E-state index >= 15 is 0 Å². The molecule has 0 saturated heterocycles. The lowest BCUT2D eigenvalue weighted by molar-refractivity contribution is 0.768. The highest BCUT2D eigenvalue weighted by Crippen LogP contribution is 2.27. The summed E-state index contributed by atoms with van der Waals surface area (Å²) in [5.74, 6) is 0.645. The van der Waals surface area contributed by atoms with Crippen LogP contribution in [0.5, 0.6) is 0 Å². The third-order valence-corrected chi connectivity index (χ3v) is 4.66. The van der Waals surface area contributed by atoms with E-state index in [-0.39, 0.29) is 0 Å². The number of hydrogen-bond donors (Lipinski definition) is 0. The Hall–Kier alpha value is -3.32. The number of pyridine rings is 1. The lowest BCUT2D eigenvalue weighted by Crippen LogP contribution is -2.01. The average molecular weight is 376 g/mol. The van der Waals surface area contributed by atoms with Crippen LogP contribution in [0.3, 0.4) is 0 Å². The third-order valence-electron chi connectivity index (χ3n) is 4.46. The quantitative estimate of drug-likeness (QED) is 0.537. The maximum absolute atomic E-state index is 6.00. The molecule has 4 aromatic rings. The molecular weight excluding hydrogens is 362 g/mol. The van der Waals surface area contributed by atoms with Crippen molar-refractivity contribution in [1.29, 1.82) is 0 Å². The van der Waals surface area contributed by atoms with E-state index < -0.39 is 0 Å². The van der Waals surface area contributed by atoms with Crippen molar-refractivity contribution in [2.75, 3.05) is 0 Å². The van der Waals surface area contributed by atoms with Crippen molar-refractivity contribution in [3.63, 3.8) is 0 Å². The fourth-order valence-corrected chi connectivity index (χ4v) is 3.28. The summed E-state index contributed by atoms with van der Waals surface area (Å²) in [6.45, 7) is 0. The summed E-state index contributed by atoms with van der Waals surface area (Å²) in [5, 5.41) is 17.2. The van der Waals surface area contributed by atoms with Crippen LogP contribution in [0.4, 0.5) is 0 Å². The summed E-state index contributed by atoms with van der Waals surface area (Å²) in [4.78, 5) is 4.58. The first kappa shape index (κ1) is 15.9. The summed E-state index contributed by atoms with van der Waals surface area (Å²) in [7, 11) is 1.90. The average Bonchev–Trinajstić information content (AvgIpc) is 3.27. The van der Waals surface area contributed by atoms with Crippen LogP contribution in [0.15, 0.2) is 48.4 Å². The van der Waals surface area contributed by atoms with Gasteiger partial charge in [0.15, 0.2) is 11.5 Å². The van der Waals surface area contributed by atoms with Crippen molar-refractivity contribution in [1.82, 2.24) is 34.6 Å². The molecule has 0 N–H and O–H groups in total. The molecule has 7 nitrogen and oxygen atoms in total. The molecular formula is C19H14ClN7. The van der Waals surface area contributed by atoms with Gasteiger partial charge in [-0.1, -0.05) is 17.7 Å². The Morgan fingerprint density at radius 3 is 2.89 bits per heavy atom. The zero-order chi connectivity index (χ0) is 18.4. The molecule has 0 atom stereocenters. The highest BCUT2D eigenvalue weighted by atomic mass is 35.5. The molecule has 4 aromatic heterocycles. The predicted molar refractivity (Wildman–Crippen MR) is 103 cm³/mol. The second-order valence-corrected chi connectivity index (χ2v) is 6.77. The molecule has 0 amide bonds. The van der Waals surface area contributed by atoms with Gasteiger partial charge in [0.25, 0.3) is 0 Å². The zero-order valence-corrected chi connectivity index (χ0v) is 15.2. The van der Waals surface area contributed by atoms with E-state index in [9.17, 15) is 0 Å². The van der Waals surface area contributed by atoms with Crippen LogP contribution in [0.1, 0.15) is 17.1 Å². The summed E-state index contributed by atoms with van der Waals surface area (Å²) >= 11 is 6.00. The van der Waals surface area contributed by atoms with Crippen LogP contribution in [-0.4, -0.2) is 34.6 Å². The molecule has 0 fully saturated rings. The van der Waals surface area contributed by atoms with E-state index in [1.807, 2.05) is 43.9 Å². The molecule has 1 aliphatic rings. The molecule has 0 saturated carbocycles. The van der Waals surface area contributed by atoms with Crippen molar-refractivity contribution < 1.29 is 0 Å². The normalized spacial score (nSPS) is 14.8.